The number of aliphatic hydroxyl groups excluding tert-OH is 1. The van der Waals surface area contributed by atoms with Crippen molar-refractivity contribution in [2.45, 2.75) is 52.1 Å². The summed E-state index contributed by atoms with van der Waals surface area (Å²) in [6, 6.07) is 0. The highest BCUT2D eigenvalue weighted by atomic mass is 16.3. The van der Waals surface area contributed by atoms with E-state index in [1.165, 1.54) is 0 Å². The molecule has 13 heavy (non-hydrogen) atoms. The second-order valence-corrected chi connectivity index (χ2v) is 3.50. The van der Waals surface area contributed by atoms with Gasteiger partial charge in [0.05, 0.1) is 6.10 Å². The van der Waals surface area contributed by atoms with Crippen LogP contribution in [0.2, 0.25) is 0 Å². The lowest BCUT2D eigenvalue weighted by atomic mass is 9.94. The zero-order valence-corrected chi connectivity index (χ0v) is 9.00. The Kier molecular flexibility index (Phi) is 8.11. The van der Waals surface area contributed by atoms with Crippen molar-refractivity contribution in [3.05, 3.63) is 19.1 Å². The molecular weight excluding hydrogens is 160 g/mol. The molecule has 1 nitrogen and oxygen atoms in total. The molecule has 0 aliphatic rings. The molecule has 0 saturated heterocycles. The monoisotopic (exact) mass is 183 g/mol. The van der Waals surface area contributed by atoms with Crippen LogP contribution in [-0.4, -0.2) is 11.2 Å². The summed E-state index contributed by atoms with van der Waals surface area (Å²) in [7, 11) is 0. The Labute approximate surface area is 82.9 Å². The lowest BCUT2D eigenvalue weighted by Crippen LogP contribution is -2.17. The average molecular weight is 183 g/mol. The van der Waals surface area contributed by atoms with Crippen LogP contribution >= 0.6 is 0 Å². The third-order valence-corrected chi connectivity index (χ3v) is 2.29. The predicted octanol–water partition coefficient (Wildman–Crippen LogP) is 3.34. The van der Waals surface area contributed by atoms with Crippen LogP contribution in [0.4, 0.5) is 0 Å². The molecule has 0 rings (SSSR count). The van der Waals surface area contributed by atoms with Crippen molar-refractivity contribution < 1.29 is 5.11 Å². The van der Waals surface area contributed by atoms with Gasteiger partial charge in [-0.1, -0.05) is 39.3 Å². The third-order valence-electron chi connectivity index (χ3n) is 2.29. The molecule has 2 unspecified atom stereocenters. The first-order valence-electron chi connectivity index (χ1n) is 5.40. The van der Waals surface area contributed by atoms with Gasteiger partial charge in [0.2, 0.25) is 0 Å². The van der Waals surface area contributed by atoms with Crippen molar-refractivity contribution in [3.63, 3.8) is 0 Å². The van der Waals surface area contributed by atoms with Gasteiger partial charge >= 0.3 is 0 Å². The van der Waals surface area contributed by atoms with Crippen LogP contribution in [-0.2, 0) is 0 Å². The molecule has 2 atom stereocenters. The zero-order chi connectivity index (χ0) is 10.1. The molecule has 0 aliphatic heterocycles. The summed E-state index contributed by atoms with van der Waals surface area (Å²) in [5, 5.41) is 9.68. The van der Waals surface area contributed by atoms with E-state index in [-0.39, 0.29) is 6.10 Å². The van der Waals surface area contributed by atoms with E-state index in [0.717, 1.165) is 32.1 Å². The summed E-state index contributed by atoms with van der Waals surface area (Å²) in [5.41, 5.74) is 0. The topological polar surface area (TPSA) is 20.2 Å². The first-order chi connectivity index (χ1) is 6.26. The second kappa shape index (κ2) is 8.31. The van der Waals surface area contributed by atoms with Gasteiger partial charge in [-0.15, -0.1) is 0 Å². The van der Waals surface area contributed by atoms with Gasteiger partial charge in [0.15, 0.2) is 0 Å². The molecule has 0 aromatic heterocycles. The molecule has 0 saturated carbocycles. The van der Waals surface area contributed by atoms with Gasteiger partial charge in [0, 0.05) is 5.92 Å². The van der Waals surface area contributed by atoms with Crippen LogP contribution in [0.15, 0.2) is 12.2 Å². The Balaban J connectivity index is 3.92. The van der Waals surface area contributed by atoms with Crippen LogP contribution in [0, 0.1) is 12.8 Å². The van der Waals surface area contributed by atoms with Crippen molar-refractivity contribution in [2.24, 2.45) is 5.92 Å². The van der Waals surface area contributed by atoms with E-state index in [4.69, 9.17) is 0 Å². The summed E-state index contributed by atoms with van der Waals surface area (Å²) in [5.74, 6) is 0.349. The van der Waals surface area contributed by atoms with Gasteiger partial charge in [-0.05, 0) is 25.7 Å². The molecule has 0 aromatic carbocycles. The summed E-state index contributed by atoms with van der Waals surface area (Å²) < 4.78 is 0. The maximum Gasteiger partial charge on any atom is 0.0600 e. The molecule has 0 heterocycles. The highest BCUT2D eigenvalue weighted by molar-refractivity contribution is 4.91. The Morgan fingerprint density at radius 3 is 2.54 bits per heavy atom. The molecule has 1 N–H and O–H groups in total. The van der Waals surface area contributed by atoms with E-state index in [1.54, 1.807) is 0 Å². The zero-order valence-electron chi connectivity index (χ0n) is 9.00. The summed E-state index contributed by atoms with van der Waals surface area (Å²) in [4.78, 5) is 0. The lowest BCUT2D eigenvalue weighted by molar-refractivity contribution is 0.121. The first kappa shape index (κ1) is 12.7. The number of hydrogen-bond acceptors (Lipinski definition) is 1. The summed E-state index contributed by atoms with van der Waals surface area (Å²) in [6.07, 6.45) is 9.17. The fraction of sp³-hybridized carbons (Fsp3) is 0.750. The molecular formula is C12H23O. The van der Waals surface area contributed by atoms with Gasteiger partial charge in [-0.25, -0.2) is 0 Å². The maximum absolute atomic E-state index is 9.68. The fourth-order valence-electron chi connectivity index (χ4n) is 1.44. The van der Waals surface area contributed by atoms with Gasteiger partial charge in [0.1, 0.15) is 0 Å². The third kappa shape index (κ3) is 5.87. The quantitative estimate of drug-likeness (QED) is 0.600. The van der Waals surface area contributed by atoms with Crippen LogP contribution < -0.4 is 0 Å². The number of unbranched alkanes of at least 4 members (excludes halogenated alkanes) is 1. The Hall–Kier alpha value is -0.300. The standard InChI is InChI=1S/C12H23O/c1-4-7-8-10-11(9-5-2)12(13)6-3/h8,10-13H,1,4-7,9H2,2-3H3. The molecule has 0 aliphatic carbocycles. The second-order valence-electron chi connectivity index (χ2n) is 3.50. The van der Waals surface area contributed by atoms with Gasteiger partial charge in [-0.2, -0.15) is 0 Å². The van der Waals surface area contributed by atoms with E-state index < -0.39 is 0 Å². The molecule has 0 amide bonds. The number of rotatable bonds is 7. The van der Waals surface area contributed by atoms with Crippen LogP contribution in [0.1, 0.15) is 46.0 Å². The first-order valence-corrected chi connectivity index (χ1v) is 5.40. The molecule has 0 bridgehead atoms. The van der Waals surface area contributed by atoms with Crippen molar-refractivity contribution in [1.82, 2.24) is 0 Å². The molecule has 1 heteroatoms. The number of aliphatic hydroxyl groups is 1. The van der Waals surface area contributed by atoms with E-state index in [1.807, 2.05) is 6.92 Å². The van der Waals surface area contributed by atoms with Gasteiger partial charge in [0.25, 0.3) is 0 Å². The predicted molar refractivity (Wildman–Crippen MR) is 58.4 cm³/mol. The van der Waals surface area contributed by atoms with Gasteiger partial charge in [-0.3, -0.25) is 0 Å². The minimum absolute atomic E-state index is 0.166. The van der Waals surface area contributed by atoms with Crippen LogP contribution in [0.3, 0.4) is 0 Å². The van der Waals surface area contributed by atoms with E-state index in [2.05, 4.69) is 26.0 Å². The van der Waals surface area contributed by atoms with Crippen molar-refractivity contribution in [1.29, 1.82) is 0 Å². The van der Waals surface area contributed by atoms with Crippen molar-refractivity contribution in [2.75, 3.05) is 0 Å². The van der Waals surface area contributed by atoms with E-state index in [0.29, 0.717) is 5.92 Å². The molecule has 0 aromatic rings. The number of hydrogen-bond donors (Lipinski definition) is 1. The molecule has 77 valence electrons. The molecule has 0 spiro atoms. The SMILES string of the molecule is [CH2]CCC=CC(CCC)C(O)CC. The van der Waals surface area contributed by atoms with E-state index in [9.17, 15) is 5.11 Å². The van der Waals surface area contributed by atoms with Crippen molar-refractivity contribution in [3.8, 4) is 0 Å². The Morgan fingerprint density at radius 1 is 1.38 bits per heavy atom. The lowest BCUT2D eigenvalue weighted by Gasteiger charge is -2.17. The minimum Gasteiger partial charge on any atom is -0.393 e. The average Bonchev–Trinajstić information content (AvgIpc) is 2.16. The normalized spacial score (nSPS) is 16.3. The van der Waals surface area contributed by atoms with E-state index >= 15 is 0 Å². The largest absolute Gasteiger partial charge is 0.393 e. The summed E-state index contributed by atoms with van der Waals surface area (Å²) in [6.45, 7) is 7.97. The highest BCUT2D eigenvalue weighted by Crippen LogP contribution is 2.16. The Morgan fingerprint density at radius 2 is 2.08 bits per heavy atom. The number of allylic oxidation sites excluding steroid dienone is 1. The maximum atomic E-state index is 9.68. The Bertz CT molecular complexity index is 129. The molecule has 1 radical (unpaired) electrons. The van der Waals surface area contributed by atoms with Gasteiger partial charge < -0.3 is 5.11 Å². The summed E-state index contributed by atoms with van der Waals surface area (Å²) >= 11 is 0. The highest BCUT2D eigenvalue weighted by Gasteiger charge is 2.12. The smallest absolute Gasteiger partial charge is 0.0600 e. The van der Waals surface area contributed by atoms with Crippen LogP contribution in [0.5, 0.6) is 0 Å². The van der Waals surface area contributed by atoms with Crippen molar-refractivity contribution >= 4 is 0 Å². The fourth-order valence-corrected chi connectivity index (χ4v) is 1.44. The molecule has 0 fully saturated rings. The minimum atomic E-state index is -0.166. The van der Waals surface area contributed by atoms with Crippen LogP contribution in [0.25, 0.3) is 0 Å².